The fraction of sp³-hybridized carbons (Fsp3) is 0.0714. The van der Waals surface area contributed by atoms with Gasteiger partial charge in [-0.15, -0.1) is 0 Å². The molecule has 0 saturated carbocycles. The van der Waals surface area contributed by atoms with E-state index < -0.39 is 47.8 Å². The molecule has 0 radical (unpaired) electrons. The van der Waals surface area contributed by atoms with E-state index in [1.54, 1.807) is 48.5 Å². The molecule has 0 unspecified atom stereocenters. The van der Waals surface area contributed by atoms with Crippen LogP contribution in [0, 0.1) is 11.6 Å². The molecular formula is C28H19BF2N4O7. The molecule has 210 valence electrons. The number of aromatic nitrogens is 2. The van der Waals surface area contributed by atoms with Gasteiger partial charge in [0.2, 0.25) is 5.43 Å². The van der Waals surface area contributed by atoms with E-state index in [1.807, 2.05) is 0 Å². The number of nitrogens with one attached hydrogen (secondary N) is 1. The smallest absolute Gasteiger partial charge is 0.423 e. The average Bonchev–Trinajstić information content (AvgIpc) is 3.37. The van der Waals surface area contributed by atoms with Gasteiger partial charge >= 0.3 is 7.12 Å². The highest BCUT2D eigenvalue weighted by molar-refractivity contribution is 6.58. The normalized spacial score (nSPS) is 13.6. The van der Waals surface area contributed by atoms with Gasteiger partial charge in [-0.2, -0.15) is 0 Å². The van der Waals surface area contributed by atoms with Crippen molar-refractivity contribution in [1.29, 1.82) is 0 Å². The molecule has 0 aliphatic carbocycles. The van der Waals surface area contributed by atoms with Gasteiger partial charge in [-0.25, -0.2) is 8.78 Å². The molecule has 4 aromatic rings. The van der Waals surface area contributed by atoms with Crippen LogP contribution in [-0.4, -0.2) is 60.6 Å². The lowest BCUT2D eigenvalue weighted by Gasteiger charge is -2.14. The molecular weight excluding hydrogens is 553 g/mol. The van der Waals surface area contributed by atoms with E-state index in [0.29, 0.717) is 27.9 Å². The second-order valence-corrected chi connectivity index (χ2v) is 9.23. The number of H-pyrrole nitrogens is 1. The fourth-order valence-corrected chi connectivity index (χ4v) is 4.47. The van der Waals surface area contributed by atoms with Crippen LogP contribution >= 0.6 is 0 Å². The van der Waals surface area contributed by atoms with E-state index in [1.165, 1.54) is 0 Å². The number of rotatable bonds is 5. The standard InChI is InChI=1S/C14H10BFN2O4.C14H9FN2O3/c16-12-6-17-8(5-11(12)15(21)22)7-18-13(19)9-3-1-2-4-10(9)14(18)20;15-11-6-16-8(5-12(11)18)7-17-13(19)9-3-1-2-4-10(9)14(17)20/h1-6,21-22H,7H2;1-6H,7H2,(H,16,18). The third-order valence-electron chi connectivity index (χ3n) is 6.55. The Hall–Kier alpha value is -5.34. The number of amides is 4. The maximum absolute atomic E-state index is 13.4. The van der Waals surface area contributed by atoms with Crippen LogP contribution in [0.1, 0.15) is 52.8 Å². The Morgan fingerprint density at radius 1 is 0.714 bits per heavy atom. The molecule has 4 amide bonds. The number of aromatic amines is 1. The number of hydrogen-bond acceptors (Lipinski definition) is 8. The lowest BCUT2D eigenvalue weighted by atomic mass is 9.80. The van der Waals surface area contributed by atoms with Crippen LogP contribution in [0.2, 0.25) is 0 Å². The van der Waals surface area contributed by atoms with Crippen LogP contribution in [0.3, 0.4) is 0 Å². The molecule has 0 spiro atoms. The minimum atomic E-state index is -2.00. The van der Waals surface area contributed by atoms with Crippen LogP contribution in [0.5, 0.6) is 0 Å². The van der Waals surface area contributed by atoms with Crippen molar-refractivity contribution in [3.8, 4) is 0 Å². The Morgan fingerprint density at radius 3 is 1.64 bits per heavy atom. The SMILES string of the molecule is O=C1c2ccccc2C(=O)N1Cc1cc(=O)c(F)c[nH]1.O=C1c2ccccc2C(=O)N1Cc1cc(B(O)O)c(F)cn1. The summed E-state index contributed by atoms with van der Waals surface area (Å²) in [5.41, 5.74) is 0.611. The quantitative estimate of drug-likeness (QED) is 0.236. The summed E-state index contributed by atoms with van der Waals surface area (Å²) < 4.78 is 26.3. The van der Waals surface area contributed by atoms with E-state index in [0.717, 1.165) is 34.3 Å². The minimum Gasteiger partial charge on any atom is -0.423 e. The number of nitrogens with zero attached hydrogens (tertiary/aromatic N) is 3. The Morgan fingerprint density at radius 2 is 1.19 bits per heavy atom. The summed E-state index contributed by atoms with van der Waals surface area (Å²) in [6, 6.07) is 15.1. The summed E-state index contributed by atoms with van der Waals surface area (Å²) in [5.74, 6) is -3.54. The van der Waals surface area contributed by atoms with Crippen molar-refractivity contribution in [1.82, 2.24) is 19.8 Å². The van der Waals surface area contributed by atoms with Crippen LogP contribution in [-0.2, 0) is 13.1 Å². The van der Waals surface area contributed by atoms with Gasteiger partial charge in [0.05, 0.1) is 47.2 Å². The second-order valence-electron chi connectivity index (χ2n) is 9.23. The summed E-state index contributed by atoms with van der Waals surface area (Å²) in [7, 11) is -2.00. The fourth-order valence-electron chi connectivity index (χ4n) is 4.47. The number of carbonyl (C=O) groups is 4. The van der Waals surface area contributed by atoms with Gasteiger partial charge in [-0.3, -0.25) is 38.8 Å². The van der Waals surface area contributed by atoms with E-state index in [9.17, 15) is 32.8 Å². The summed E-state index contributed by atoms with van der Waals surface area (Å²) >= 11 is 0. The maximum Gasteiger partial charge on any atom is 0.491 e. The number of carbonyl (C=O) groups excluding carboxylic acids is 4. The predicted molar refractivity (Wildman–Crippen MR) is 142 cm³/mol. The molecule has 2 aliphatic rings. The maximum atomic E-state index is 13.4. The highest BCUT2D eigenvalue weighted by atomic mass is 19.1. The number of pyridine rings is 2. The monoisotopic (exact) mass is 572 g/mol. The van der Waals surface area contributed by atoms with E-state index in [-0.39, 0.29) is 24.2 Å². The van der Waals surface area contributed by atoms with Crippen LogP contribution in [0.4, 0.5) is 8.78 Å². The first kappa shape index (κ1) is 28.2. The van der Waals surface area contributed by atoms with E-state index in [4.69, 9.17) is 10.0 Å². The molecule has 14 heteroatoms. The molecule has 0 bridgehead atoms. The summed E-state index contributed by atoms with van der Waals surface area (Å²) in [6.07, 6.45) is 1.73. The molecule has 2 aromatic heterocycles. The first-order valence-corrected chi connectivity index (χ1v) is 12.3. The van der Waals surface area contributed by atoms with Crippen molar-refractivity contribution >= 4 is 36.2 Å². The molecule has 2 aliphatic heterocycles. The number of imide groups is 2. The van der Waals surface area contributed by atoms with Crippen molar-refractivity contribution < 1.29 is 38.0 Å². The number of halogens is 2. The number of hydrogen-bond donors (Lipinski definition) is 3. The van der Waals surface area contributed by atoms with Crippen molar-refractivity contribution in [3.63, 3.8) is 0 Å². The largest absolute Gasteiger partial charge is 0.491 e. The second kappa shape index (κ2) is 11.3. The van der Waals surface area contributed by atoms with Gasteiger partial charge in [0.25, 0.3) is 23.6 Å². The zero-order chi connectivity index (χ0) is 30.1. The van der Waals surface area contributed by atoms with Gasteiger partial charge in [-0.05, 0) is 30.3 Å². The van der Waals surface area contributed by atoms with E-state index in [2.05, 4.69) is 9.97 Å². The average molecular weight is 572 g/mol. The third-order valence-corrected chi connectivity index (χ3v) is 6.55. The first-order valence-electron chi connectivity index (χ1n) is 12.3. The molecule has 4 heterocycles. The topological polar surface area (TPSA) is 161 Å². The molecule has 42 heavy (non-hydrogen) atoms. The molecule has 2 aromatic carbocycles. The third kappa shape index (κ3) is 5.23. The lowest BCUT2D eigenvalue weighted by molar-refractivity contribution is 0.0625. The van der Waals surface area contributed by atoms with E-state index >= 15 is 0 Å². The zero-order valence-electron chi connectivity index (χ0n) is 21.5. The lowest BCUT2D eigenvalue weighted by Crippen LogP contribution is -2.35. The molecule has 0 atom stereocenters. The van der Waals surface area contributed by atoms with Crippen LogP contribution in [0.15, 0.2) is 77.9 Å². The van der Waals surface area contributed by atoms with Gasteiger partial charge < -0.3 is 15.0 Å². The van der Waals surface area contributed by atoms with Crippen molar-refractivity contribution in [3.05, 3.63) is 129 Å². The highest BCUT2D eigenvalue weighted by Crippen LogP contribution is 2.24. The van der Waals surface area contributed by atoms with Crippen molar-refractivity contribution in [2.24, 2.45) is 0 Å². The van der Waals surface area contributed by atoms with Crippen LogP contribution < -0.4 is 10.9 Å². The predicted octanol–water partition coefficient (Wildman–Crippen LogP) is 1.01. The molecule has 3 N–H and O–H groups in total. The Balaban J connectivity index is 0.000000169. The zero-order valence-corrected chi connectivity index (χ0v) is 21.5. The number of fused-ring (bicyclic) bond motifs is 2. The summed E-state index contributed by atoms with van der Waals surface area (Å²) in [6.45, 7) is -0.270. The van der Waals surface area contributed by atoms with Crippen molar-refractivity contribution in [2.75, 3.05) is 0 Å². The van der Waals surface area contributed by atoms with Crippen molar-refractivity contribution in [2.45, 2.75) is 13.1 Å². The summed E-state index contributed by atoms with van der Waals surface area (Å²) in [4.78, 5) is 68.2. The highest BCUT2D eigenvalue weighted by Gasteiger charge is 2.36. The minimum absolute atomic E-state index is 0.0954. The Bertz CT molecular complexity index is 1760. The van der Waals surface area contributed by atoms with Gasteiger partial charge in [-0.1, -0.05) is 24.3 Å². The summed E-state index contributed by atoms with van der Waals surface area (Å²) in [5, 5.41) is 18.2. The first-order chi connectivity index (χ1) is 20.1. The Labute approximate surface area is 235 Å². The Kier molecular flexibility index (Phi) is 7.57. The molecule has 0 fully saturated rings. The number of benzene rings is 2. The molecule has 11 nitrogen and oxygen atoms in total. The van der Waals surface area contributed by atoms with Crippen LogP contribution in [0.25, 0.3) is 0 Å². The van der Waals surface area contributed by atoms with Gasteiger partial charge in [0.1, 0.15) is 5.82 Å². The van der Waals surface area contributed by atoms with Gasteiger partial charge in [0, 0.05) is 23.4 Å². The molecule has 6 rings (SSSR count). The molecule has 0 saturated heterocycles. The van der Waals surface area contributed by atoms with Gasteiger partial charge in [0.15, 0.2) is 5.82 Å².